The molecule has 0 fully saturated rings. The molecule has 0 aliphatic rings. The summed E-state index contributed by atoms with van der Waals surface area (Å²) in [6, 6.07) is 1.21. The number of nitrogens with zero attached hydrogens (tertiary/aromatic N) is 1. The van der Waals surface area contributed by atoms with Crippen LogP contribution in [0.1, 0.15) is 16.8 Å². The van der Waals surface area contributed by atoms with Gasteiger partial charge in [0.05, 0.1) is 19.1 Å². The van der Waals surface area contributed by atoms with Crippen LogP contribution in [0, 0.1) is 0 Å². The van der Waals surface area contributed by atoms with Gasteiger partial charge in [-0.2, -0.15) is 4.31 Å². The molecule has 7 nitrogen and oxygen atoms in total. The number of carboxylic acid groups (broad SMARTS) is 1. The summed E-state index contributed by atoms with van der Waals surface area (Å²) in [5.74, 6) is -1.70. The minimum absolute atomic E-state index is 0.0270. The number of esters is 1. The van der Waals surface area contributed by atoms with Crippen molar-refractivity contribution in [3.8, 4) is 0 Å². The number of ether oxygens (including phenoxy) is 1. The topological polar surface area (TPSA) is 101 Å². The second-order valence-electron chi connectivity index (χ2n) is 3.62. The molecule has 0 atom stereocenters. The van der Waals surface area contributed by atoms with Gasteiger partial charge in [-0.05, 0) is 6.07 Å². The number of rotatable bonds is 6. The van der Waals surface area contributed by atoms with Crippen molar-refractivity contribution in [1.82, 2.24) is 4.31 Å². The molecule has 1 heterocycles. The van der Waals surface area contributed by atoms with E-state index in [1.54, 1.807) is 0 Å². The number of hydrogen-bond acceptors (Lipinski definition) is 6. The van der Waals surface area contributed by atoms with Gasteiger partial charge in [-0.15, -0.1) is 11.3 Å². The Morgan fingerprint density at radius 2 is 2.11 bits per heavy atom. The van der Waals surface area contributed by atoms with Gasteiger partial charge < -0.3 is 9.84 Å². The van der Waals surface area contributed by atoms with E-state index in [2.05, 4.69) is 4.74 Å². The number of carbonyl (C=O) groups excluding carboxylic acids is 1. The number of hydrogen-bond donors (Lipinski definition) is 1. The summed E-state index contributed by atoms with van der Waals surface area (Å²) in [7, 11) is -1.29. The first-order valence-corrected chi connectivity index (χ1v) is 7.46. The van der Waals surface area contributed by atoms with E-state index in [9.17, 15) is 18.0 Å². The molecule has 0 spiro atoms. The molecule has 0 amide bonds. The highest BCUT2D eigenvalue weighted by atomic mass is 32.2. The molecule has 0 aliphatic carbocycles. The zero-order valence-corrected chi connectivity index (χ0v) is 12.0. The molecule has 19 heavy (non-hydrogen) atoms. The van der Waals surface area contributed by atoms with Crippen molar-refractivity contribution >= 4 is 33.3 Å². The van der Waals surface area contributed by atoms with E-state index in [0.29, 0.717) is 0 Å². The van der Waals surface area contributed by atoms with Crippen LogP contribution in [-0.2, 0) is 19.6 Å². The molecule has 0 radical (unpaired) electrons. The molecule has 0 saturated carbocycles. The van der Waals surface area contributed by atoms with Gasteiger partial charge in [0.2, 0.25) is 0 Å². The predicted molar refractivity (Wildman–Crippen MR) is 67.7 cm³/mol. The van der Waals surface area contributed by atoms with Crippen molar-refractivity contribution in [2.75, 3.05) is 20.7 Å². The maximum atomic E-state index is 12.1. The van der Waals surface area contributed by atoms with Gasteiger partial charge in [-0.1, -0.05) is 0 Å². The zero-order valence-electron chi connectivity index (χ0n) is 10.3. The van der Waals surface area contributed by atoms with E-state index in [1.807, 2.05) is 0 Å². The van der Waals surface area contributed by atoms with Crippen LogP contribution in [0.3, 0.4) is 0 Å². The highest BCUT2D eigenvalue weighted by Gasteiger charge is 2.24. The summed E-state index contributed by atoms with van der Waals surface area (Å²) in [4.78, 5) is 21.7. The average molecular weight is 307 g/mol. The van der Waals surface area contributed by atoms with E-state index in [1.165, 1.54) is 25.6 Å². The molecular formula is C10H13NO6S2. The Morgan fingerprint density at radius 1 is 1.47 bits per heavy atom. The minimum atomic E-state index is -3.77. The predicted octanol–water partition coefficient (Wildman–Crippen LogP) is 0.630. The lowest BCUT2D eigenvalue weighted by atomic mass is 10.3. The Bertz CT molecular complexity index is 577. The van der Waals surface area contributed by atoms with Gasteiger partial charge in [0.1, 0.15) is 4.21 Å². The number of sulfonamides is 1. The Kier molecular flexibility index (Phi) is 5.04. The molecular weight excluding hydrogens is 294 g/mol. The van der Waals surface area contributed by atoms with Crippen LogP contribution in [0.25, 0.3) is 0 Å². The molecule has 1 rings (SSSR count). The third-order valence-electron chi connectivity index (χ3n) is 2.30. The highest BCUT2D eigenvalue weighted by molar-refractivity contribution is 7.91. The summed E-state index contributed by atoms with van der Waals surface area (Å²) in [5, 5.41) is 9.91. The van der Waals surface area contributed by atoms with Gasteiger partial charge >= 0.3 is 11.9 Å². The number of carbonyl (C=O) groups is 2. The average Bonchev–Trinajstić information content (AvgIpc) is 2.84. The molecule has 0 saturated heterocycles. The van der Waals surface area contributed by atoms with Crippen LogP contribution in [0.4, 0.5) is 0 Å². The van der Waals surface area contributed by atoms with Crippen LogP contribution < -0.4 is 0 Å². The maximum Gasteiger partial charge on any atom is 0.338 e. The van der Waals surface area contributed by atoms with E-state index in [-0.39, 0.29) is 22.7 Å². The van der Waals surface area contributed by atoms with Crippen LogP contribution in [0.15, 0.2) is 15.7 Å². The lowest BCUT2D eigenvalue weighted by Crippen LogP contribution is -2.28. The van der Waals surface area contributed by atoms with E-state index >= 15 is 0 Å². The van der Waals surface area contributed by atoms with Crippen molar-refractivity contribution < 1.29 is 27.9 Å². The lowest BCUT2D eigenvalue weighted by Gasteiger charge is -2.14. The molecule has 0 aliphatic heterocycles. The molecule has 106 valence electrons. The molecule has 0 aromatic carbocycles. The monoisotopic (exact) mass is 307 g/mol. The van der Waals surface area contributed by atoms with E-state index in [4.69, 9.17) is 5.11 Å². The van der Waals surface area contributed by atoms with E-state index in [0.717, 1.165) is 15.6 Å². The minimum Gasteiger partial charge on any atom is -0.481 e. The third-order valence-corrected chi connectivity index (χ3v) is 5.57. The SMILES string of the molecule is COC(=O)c1csc(S(=O)(=O)N(C)CCC(=O)O)c1. The van der Waals surface area contributed by atoms with Gasteiger partial charge in [0, 0.05) is 19.0 Å². The first-order chi connectivity index (χ1) is 8.78. The van der Waals surface area contributed by atoms with Crippen molar-refractivity contribution in [2.24, 2.45) is 0 Å². The van der Waals surface area contributed by atoms with Crippen LogP contribution in [0.2, 0.25) is 0 Å². The fourth-order valence-electron chi connectivity index (χ4n) is 1.20. The van der Waals surface area contributed by atoms with Crippen LogP contribution in [0.5, 0.6) is 0 Å². The largest absolute Gasteiger partial charge is 0.481 e. The van der Waals surface area contributed by atoms with Gasteiger partial charge in [0.25, 0.3) is 10.0 Å². The third kappa shape index (κ3) is 3.75. The summed E-state index contributed by atoms with van der Waals surface area (Å²) in [6.07, 6.45) is -0.287. The fourth-order valence-corrected chi connectivity index (χ4v) is 3.73. The van der Waals surface area contributed by atoms with Crippen LogP contribution >= 0.6 is 11.3 Å². The van der Waals surface area contributed by atoms with Gasteiger partial charge in [-0.25, -0.2) is 13.2 Å². The molecule has 1 aromatic rings. The Hall–Kier alpha value is -1.45. The number of carboxylic acids is 1. The molecule has 0 bridgehead atoms. The summed E-state index contributed by atoms with van der Waals surface area (Å²) < 4.78 is 29.5. The quantitative estimate of drug-likeness (QED) is 0.774. The number of aliphatic carboxylic acids is 1. The summed E-state index contributed by atoms with van der Waals surface area (Å²) in [6.45, 7) is -0.136. The standard InChI is InChI=1S/C10H13NO6S2/c1-11(4-3-8(12)13)19(15,16)9-5-7(6-18-9)10(14)17-2/h5-6H,3-4H2,1-2H3,(H,12,13). The Morgan fingerprint density at radius 3 is 2.63 bits per heavy atom. The van der Waals surface area contributed by atoms with Crippen molar-refractivity contribution in [1.29, 1.82) is 0 Å². The van der Waals surface area contributed by atoms with Gasteiger partial charge in [-0.3, -0.25) is 4.79 Å². The second kappa shape index (κ2) is 6.13. The van der Waals surface area contributed by atoms with E-state index < -0.39 is 22.0 Å². The zero-order chi connectivity index (χ0) is 14.6. The maximum absolute atomic E-state index is 12.1. The first-order valence-electron chi connectivity index (χ1n) is 5.14. The summed E-state index contributed by atoms with van der Waals surface area (Å²) >= 11 is 0.885. The normalized spacial score (nSPS) is 11.5. The number of methoxy groups -OCH3 is 1. The molecule has 0 unspecified atom stereocenters. The fraction of sp³-hybridized carbons (Fsp3) is 0.400. The highest BCUT2D eigenvalue weighted by Crippen LogP contribution is 2.23. The van der Waals surface area contributed by atoms with Crippen molar-refractivity contribution in [2.45, 2.75) is 10.6 Å². The molecule has 1 aromatic heterocycles. The molecule has 1 N–H and O–H groups in total. The van der Waals surface area contributed by atoms with Crippen molar-refractivity contribution in [3.63, 3.8) is 0 Å². The summed E-state index contributed by atoms with van der Waals surface area (Å²) in [5.41, 5.74) is 0.151. The van der Waals surface area contributed by atoms with Gasteiger partial charge in [0.15, 0.2) is 0 Å². The molecule has 9 heteroatoms. The Balaban J connectivity index is 2.91. The smallest absolute Gasteiger partial charge is 0.338 e. The van der Waals surface area contributed by atoms with Crippen LogP contribution in [-0.4, -0.2) is 50.5 Å². The number of thiophene rings is 1. The van der Waals surface area contributed by atoms with Crippen molar-refractivity contribution in [3.05, 3.63) is 17.0 Å². The Labute approximate surface area is 114 Å². The first kappa shape index (κ1) is 15.6. The lowest BCUT2D eigenvalue weighted by molar-refractivity contribution is -0.137. The second-order valence-corrected chi connectivity index (χ2v) is 6.80.